The van der Waals surface area contributed by atoms with Crippen molar-refractivity contribution in [3.63, 3.8) is 0 Å². The van der Waals surface area contributed by atoms with Crippen molar-refractivity contribution in [2.45, 2.75) is 13.8 Å². The maximum atomic E-state index is 12.1. The Bertz CT molecular complexity index is 673. The van der Waals surface area contributed by atoms with Crippen LogP contribution in [0.2, 0.25) is 0 Å². The first-order valence-corrected chi connectivity index (χ1v) is 7.33. The third kappa shape index (κ3) is 2.46. The molecule has 1 aliphatic rings. The monoisotopic (exact) mass is 292 g/mol. The van der Waals surface area contributed by atoms with E-state index in [2.05, 4.69) is 14.9 Å². The fraction of sp³-hybridized carbons (Fsp3) is 0.462. The number of aryl methyl sites for hydroxylation is 2. The minimum atomic E-state index is -0.0853. The summed E-state index contributed by atoms with van der Waals surface area (Å²) in [6.07, 6.45) is 1.82. The van der Waals surface area contributed by atoms with Crippen molar-refractivity contribution in [2.75, 3.05) is 31.2 Å². The van der Waals surface area contributed by atoms with Crippen LogP contribution in [0.15, 0.2) is 17.1 Å². The average molecular weight is 292 g/mol. The summed E-state index contributed by atoms with van der Waals surface area (Å²) in [7, 11) is 0. The van der Waals surface area contributed by atoms with E-state index in [-0.39, 0.29) is 5.56 Å². The highest BCUT2D eigenvalue weighted by atomic mass is 32.1. The van der Waals surface area contributed by atoms with Crippen LogP contribution in [0.4, 0.5) is 5.00 Å². The van der Waals surface area contributed by atoms with E-state index < -0.39 is 0 Å². The molecule has 0 spiro atoms. The summed E-state index contributed by atoms with van der Waals surface area (Å²) in [4.78, 5) is 23.0. The first kappa shape index (κ1) is 13.3. The molecule has 106 valence electrons. The number of nitrogens with zero attached hydrogens (tertiary/aromatic N) is 4. The summed E-state index contributed by atoms with van der Waals surface area (Å²) in [6.45, 7) is 6.84. The van der Waals surface area contributed by atoms with Gasteiger partial charge in [-0.15, -0.1) is 0 Å². The number of morpholine rings is 1. The van der Waals surface area contributed by atoms with Gasteiger partial charge in [0, 0.05) is 24.8 Å². The van der Waals surface area contributed by atoms with Crippen molar-refractivity contribution in [3.05, 3.63) is 34.1 Å². The standard InChI is InChI=1S/C13H16N4O2S/c1-9-7-11(18)17(10(2)15-9)13-14-8-12(20-13)16-3-5-19-6-4-16/h7-8H,3-6H2,1-2H3. The lowest BCUT2D eigenvalue weighted by Gasteiger charge is -2.26. The van der Waals surface area contributed by atoms with Crippen LogP contribution >= 0.6 is 11.3 Å². The molecule has 0 aliphatic carbocycles. The topological polar surface area (TPSA) is 60.2 Å². The number of ether oxygens (including phenoxy) is 1. The van der Waals surface area contributed by atoms with Crippen molar-refractivity contribution in [1.82, 2.24) is 14.5 Å². The zero-order valence-electron chi connectivity index (χ0n) is 11.5. The molecule has 0 amide bonds. The van der Waals surface area contributed by atoms with Crippen LogP contribution in [0.3, 0.4) is 0 Å². The summed E-state index contributed by atoms with van der Waals surface area (Å²) in [5, 5.41) is 1.73. The molecule has 0 bridgehead atoms. The van der Waals surface area contributed by atoms with Gasteiger partial charge in [-0.1, -0.05) is 11.3 Å². The zero-order chi connectivity index (χ0) is 14.1. The number of hydrogen-bond acceptors (Lipinski definition) is 6. The summed E-state index contributed by atoms with van der Waals surface area (Å²) in [5.41, 5.74) is 0.645. The lowest BCUT2D eigenvalue weighted by molar-refractivity contribution is 0.123. The van der Waals surface area contributed by atoms with E-state index in [0.29, 0.717) is 11.0 Å². The van der Waals surface area contributed by atoms with Gasteiger partial charge in [0.15, 0.2) is 5.13 Å². The second-order valence-corrected chi connectivity index (χ2v) is 5.69. The number of rotatable bonds is 2. The van der Waals surface area contributed by atoms with Gasteiger partial charge in [-0.05, 0) is 13.8 Å². The number of anilines is 1. The van der Waals surface area contributed by atoms with Gasteiger partial charge in [-0.3, -0.25) is 4.79 Å². The van der Waals surface area contributed by atoms with Gasteiger partial charge in [-0.2, -0.15) is 0 Å². The third-order valence-electron chi connectivity index (χ3n) is 3.21. The summed E-state index contributed by atoms with van der Waals surface area (Å²) in [5.74, 6) is 0.665. The minimum absolute atomic E-state index is 0.0853. The van der Waals surface area contributed by atoms with E-state index in [4.69, 9.17) is 4.74 Å². The van der Waals surface area contributed by atoms with Crippen LogP contribution in [0.25, 0.3) is 5.13 Å². The van der Waals surface area contributed by atoms with E-state index in [9.17, 15) is 4.79 Å². The smallest absolute Gasteiger partial charge is 0.260 e. The summed E-state index contributed by atoms with van der Waals surface area (Å²) in [6, 6.07) is 1.53. The number of thiazole rings is 1. The molecule has 3 rings (SSSR count). The molecule has 2 aromatic heterocycles. The Morgan fingerprint density at radius 2 is 2.05 bits per heavy atom. The number of aromatic nitrogens is 3. The Morgan fingerprint density at radius 1 is 1.30 bits per heavy atom. The minimum Gasteiger partial charge on any atom is -0.378 e. The van der Waals surface area contributed by atoms with E-state index in [1.54, 1.807) is 4.57 Å². The van der Waals surface area contributed by atoms with E-state index in [1.165, 1.54) is 17.4 Å². The highest BCUT2D eigenvalue weighted by Crippen LogP contribution is 2.26. The first-order valence-electron chi connectivity index (χ1n) is 6.51. The van der Waals surface area contributed by atoms with Crippen LogP contribution in [0.1, 0.15) is 11.5 Å². The predicted molar refractivity (Wildman–Crippen MR) is 78.0 cm³/mol. The molecule has 1 saturated heterocycles. The van der Waals surface area contributed by atoms with Crippen molar-refractivity contribution in [2.24, 2.45) is 0 Å². The molecule has 6 nitrogen and oxygen atoms in total. The van der Waals surface area contributed by atoms with Crippen molar-refractivity contribution < 1.29 is 4.74 Å². The van der Waals surface area contributed by atoms with Gasteiger partial charge in [0.2, 0.25) is 0 Å². The molecule has 0 N–H and O–H groups in total. The zero-order valence-corrected chi connectivity index (χ0v) is 12.3. The highest BCUT2D eigenvalue weighted by molar-refractivity contribution is 7.18. The Morgan fingerprint density at radius 3 is 2.75 bits per heavy atom. The molecule has 0 aromatic carbocycles. The van der Waals surface area contributed by atoms with Crippen LogP contribution in [0, 0.1) is 13.8 Å². The normalized spacial score (nSPS) is 15.6. The molecule has 0 unspecified atom stereocenters. The highest BCUT2D eigenvalue weighted by Gasteiger charge is 2.16. The fourth-order valence-corrected chi connectivity index (χ4v) is 3.29. The van der Waals surface area contributed by atoms with Gasteiger partial charge in [0.1, 0.15) is 10.8 Å². The lowest BCUT2D eigenvalue weighted by Crippen LogP contribution is -2.35. The Labute approximate surface area is 120 Å². The Kier molecular flexibility index (Phi) is 3.54. The van der Waals surface area contributed by atoms with Gasteiger partial charge in [0.05, 0.1) is 19.4 Å². The molecule has 1 fully saturated rings. The Balaban J connectivity index is 1.96. The molecule has 0 saturated carbocycles. The largest absolute Gasteiger partial charge is 0.378 e. The van der Waals surface area contributed by atoms with Gasteiger partial charge >= 0.3 is 0 Å². The Hall–Kier alpha value is -1.73. The van der Waals surface area contributed by atoms with E-state index in [0.717, 1.165) is 37.0 Å². The van der Waals surface area contributed by atoms with Crippen LogP contribution in [0.5, 0.6) is 0 Å². The quantitative estimate of drug-likeness (QED) is 0.831. The van der Waals surface area contributed by atoms with Gasteiger partial charge < -0.3 is 9.64 Å². The lowest BCUT2D eigenvalue weighted by atomic mass is 10.4. The van der Waals surface area contributed by atoms with Gasteiger partial charge in [0.25, 0.3) is 5.56 Å². The third-order valence-corrected chi connectivity index (χ3v) is 4.25. The molecular weight excluding hydrogens is 276 g/mol. The van der Waals surface area contributed by atoms with Crippen molar-refractivity contribution in [3.8, 4) is 5.13 Å². The van der Waals surface area contributed by atoms with Crippen LogP contribution in [-0.4, -0.2) is 40.8 Å². The molecule has 2 aromatic rings. The summed E-state index contributed by atoms with van der Waals surface area (Å²) < 4.78 is 6.90. The fourth-order valence-electron chi connectivity index (χ4n) is 2.26. The van der Waals surface area contributed by atoms with Gasteiger partial charge in [-0.25, -0.2) is 14.5 Å². The molecule has 7 heteroatoms. The number of hydrogen-bond donors (Lipinski definition) is 0. The molecule has 0 atom stereocenters. The maximum absolute atomic E-state index is 12.1. The van der Waals surface area contributed by atoms with E-state index in [1.807, 2.05) is 20.0 Å². The van der Waals surface area contributed by atoms with E-state index >= 15 is 0 Å². The molecule has 0 radical (unpaired) electrons. The average Bonchev–Trinajstić information content (AvgIpc) is 2.88. The second-order valence-electron chi connectivity index (χ2n) is 4.70. The molecule has 3 heterocycles. The second kappa shape index (κ2) is 5.34. The SMILES string of the molecule is Cc1cc(=O)n(-c2ncc(N3CCOCC3)s2)c(C)n1. The molecular formula is C13H16N4O2S. The first-order chi connectivity index (χ1) is 9.65. The van der Waals surface area contributed by atoms with Crippen LogP contribution in [-0.2, 0) is 4.74 Å². The molecule has 20 heavy (non-hydrogen) atoms. The maximum Gasteiger partial charge on any atom is 0.260 e. The summed E-state index contributed by atoms with van der Waals surface area (Å²) >= 11 is 1.51. The van der Waals surface area contributed by atoms with Crippen LogP contribution < -0.4 is 10.5 Å². The predicted octanol–water partition coefficient (Wildman–Crippen LogP) is 1.14. The van der Waals surface area contributed by atoms with Crippen molar-refractivity contribution >= 4 is 16.3 Å². The molecule has 1 aliphatic heterocycles. The van der Waals surface area contributed by atoms with Crippen molar-refractivity contribution in [1.29, 1.82) is 0 Å².